The monoisotopic (exact) mass is 333 g/mol. The predicted molar refractivity (Wildman–Crippen MR) is 102 cm³/mol. The van der Waals surface area contributed by atoms with E-state index < -0.39 is 0 Å². The number of ether oxygens (including phenoxy) is 2. The Labute approximate surface area is 149 Å². The van der Waals surface area contributed by atoms with Crippen LogP contribution >= 0.6 is 0 Å². The molecule has 0 aliphatic rings. The molecule has 0 radical (unpaired) electrons. The molecular weight excluding hydrogens is 310 g/mol. The van der Waals surface area contributed by atoms with Gasteiger partial charge in [0.25, 0.3) is 0 Å². The molecule has 0 fully saturated rings. The van der Waals surface area contributed by atoms with Crippen LogP contribution in [0.15, 0.2) is 78.9 Å². The van der Waals surface area contributed by atoms with E-state index in [1.54, 1.807) is 0 Å². The van der Waals surface area contributed by atoms with Gasteiger partial charge in [-0.05, 0) is 54.4 Å². The van der Waals surface area contributed by atoms with Crippen molar-refractivity contribution in [1.82, 2.24) is 0 Å². The van der Waals surface area contributed by atoms with Crippen molar-refractivity contribution in [2.75, 3.05) is 11.9 Å². The van der Waals surface area contributed by atoms with E-state index in [0.29, 0.717) is 13.2 Å². The molecule has 0 spiro atoms. The van der Waals surface area contributed by atoms with Gasteiger partial charge in [-0.1, -0.05) is 42.5 Å². The highest BCUT2D eigenvalue weighted by Crippen LogP contribution is 2.18. The molecule has 0 heterocycles. The summed E-state index contributed by atoms with van der Waals surface area (Å²) in [5, 5.41) is 3.41. The number of hydrogen-bond donors (Lipinski definition) is 1. The maximum atomic E-state index is 5.81. The Bertz CT molecular complexity index is 752. The van der Waals surface area contributed by atoms with Gasteiger partial charge < -0.3 is 14.8 Å². The molecule has 128 valence electrons. The highest BCUT2D eigenvalue weighted by molar-refractivity contribution is 5.47. The summed E-state index contributed by atoms with van der Waals surface area (Å²) in [7, 11) is 0. The maximum absolute atomic E-state index is 5.81. The molecule has 25 heavy (non-hydrogen) atoms. The fraction of sp³-hybridized carbons (Fsp3) is 0.182. The molecule has 3 rings (SSSR count). The second kappa shape index (κ2) is 8.78. The first kappa shape index (κ1) is 16.9. The van der Waals surface area contributed by atoms with Crippen LogP contribution < -0.4 is 14.8 Å². The van der Waals surface area contributed by atoms with E-state index in [4.69, 9.17) is 9.47 Å². The summed E-state index contributed by atoms with van der Waals surface area (Å²) in [4.78, 5) is 0. The minimum Gasteiger partial charge on any atom is -0.494 e. The topological polar surface area (TPSA) is 30.5 Å². The Morgan fingerprint density at radius 1 is 0.680 bits per heavy atom. The number of hydrogen-bond acceptors (Lipinski definition) is 3. The average molecular weight is 333 g/mol. The Morgan fingerprint density at radius 3 is 2.00 bits per heavy atom. The highest BCUT2D eigenvalue weighted by Gasteiger charge is 1.99. The lowest BCUT2D eigenvalue weighted by Gasteiger charge is -2.10. The molecule has 3 aromatic rings. The zero-order valence-electron chi connectivity index (χ0n) is 14.4. The molecular formula is C22H23NO2. The summed E-state index contributed by atoms with van der Waals surface area (Å²) in [6, 6.07) is 26.4. The molecule has 0 bridgehead atoms. The Balaban J connectivity index is 1.48. The third-order valence-corrected chi connectivity index (χ3v) is 3.83. The quantitative estimate of drug-likeness (QED) is 0.608. The molecule has 0 saturated carbocycles. The van der Waals surface area contributed by atoms with Crippen LogP contribution in [0.25, 0.3) is 0 Å². The van der Waals surface area contributed by atoms with Crippen molar-refractivity contribution in [2.24, 2.45) is 0 Å². The van der Waals surface area contributed by atoms with E-state index >= 15 is 0 Å². The van der Waals surface area contributed by atoms with Crippen LogP contribution in [0.1, 0.15) is 18.1 Å². The first-order valence-corrected chi connectivity index (χ1v) is 8.56. The maximum Gasteiger partial charge on any atom is 0.119 e. The second-order valence-electron chi connectivity index (χ2n) is 5.73. The van der Waals surface area contributed by atoms with E-state index in [1.807, 2.05) is 61.5 Å². The van der Waals surface area contributed by atoms with Crippen LogP contribution in [0.3, 0.4) is 0 Å². The van der Waals surface area contributed by atoms with Gasteiger partial charge in [-0.3, -0.25) is 0 Å². The second-order valence-corrected chi connectivity index (χ2v) is 5.73. The molecule has 3 nitrogen and oxygen atoms in total. The Morgan fingerprint density at radius 2 is 1.32 bits per heavy atom. The highest BCUT2D eigenvalue weighted by atomic mass is 16.5. The van der Waals surface area contributed by atoms with Gasteiger partial charge in [0.15, 0.2) is 0 Å². The number of rotatable bonds is 8. The average Bonchev–Trinajstić information content (AvgIpc) is 2.68. The van der Waals surface area contributed by atoms with E-state index in [-0.39, 0.29) is 0 Å². The minimum absolute atomic E-state index is 0.588. The SMILES string of the molecule is CCOc1ccc(NCc2ccc(OCc3ccccc3)cc2)cc1. The summed E-state index contributed by atoms with van der Waals surface area (Å²) in [5.74, 6) is 1.78. The van der Waals surface area contributed by atoms with Gasteiger partial charge in [0.2, 0.25) is 0 Å². The van der Waals surface area contributed by atoms with Crippen molar-refractivity contribution in [1.29, 1.82) is 0 Å². The molecule has 0 aliphatic carbocycles. The first-order chi connectivity index (χ1) is 12.3. The molecule has 1 N–H and O–H groups in total. The van der Waals surface area contributed by atoms with Gasteiger partial charge in [-0.2, -0.15) is 0 Å². The van der Waals surface area contributed by atoms with Gasteiger partial charge in [0.05, 0.1) is 6.61 Å². The number of nitrogens with one attached hydrogen (secondary N) is 1. The van der Waals surface area contributed by atoms with Crippen molar-refractivity contribution in [3.63, 3.8) is 0 Å². The summed E-state index contributed by atoms with van der Waals surface area (Å²) in [6.07, 6.45) is 0. The van der Waals surface area contributed by atoms with Crippen molar-refractivity contribution in [2.45, 2.75) is 20.1 Å². The lowest BCUT2D eigenvalue weighted by molar-refractivity contribution is 0.306. The summed E-state index contributed by atoms with van der Waals surface area (Å²) < 4.78 is 11.3. The smallest absolute Gasteiger partial charge is 0.119 e. The molecule has 0 saturated heterocycles. The van der Waals surface area contributed by atoms with Gasteiger partial charge in [-0.15, -0.1) is 0 Å². The van der Waals surface area contributed by atoms with Crippen LogP contribution in [-0.2, 0) is 13.2 Å². The summed E-state index contributed by atoms with van der Waals surface area (Å²) in [5.41, 5.74) is 3.46. The fourth-order valence-electron chi connectivity index (χ4n) is 2.48. The first-order valence-electron chi connectivity index (χ1n) is 8.56. The Hall–Kier alpha value is -2.94. The molecule has 0 amide bonds. The lowest BCUT2D eigenvalue weighted by Crippen LogP contribution is -2.00. The predicted octanol–water partition coefficient (Wildman–Crippen LogP) is 5.28. The Kier molecular flexibility index (Phi) is 5.94. The fourth-order valence-corrected chi connectivity index (χ4v) is 2.48. The molecule has 3 aromatic carbocycles. The van der Waals surface area contributed by atoms with Crippen molar-refractivity contribution in [3.8, 4) is 11.5 Å². The van der Waals surface area contributed by atoms with Crippen LogP contribution in [0.5, 0.6) is 11.5 Å². The molecule has 0 aromatic heterocycles. The summed E-state index contributed by atoms with van der Waals surface area (Å²) >= 11 is 0. The molecule has 3 heteroatoms. The third-order valence-electron chi connectivity index (χ3n) is 3.83. The lowest BCUT2D eigenvalue weighted by atomic mass is 10.2. The van der Waals surface area contributed by atoms with E-state index in [2.05, 4.69) is 29.6 Å². The zero-order valence-corrected chi connectivity index (χ0v) is 14.4. The van der Waals surface area contributed by atoms with E-state index in [0.717, 1.165) is 23.7 Å². The van der Waals surface area contributed by atoms with Crippen molar-refractivity contribution < 1.29 is 9.47 Å². The van der Waals surface area contributed by atoms with Crippen molar-refractivity contribution >= 4 is 5.69 Å². The van der Waals surface area contributed by atoms with E-state index in [1.165, 1.54) is 11.1 Å². The largest absolute Gasteiger partial charge is 0.494 e. The van der Waals surface area contributed by atoms with Crippen LogP contribution in [0.2, 0.25) is 0 Å². The summed E-state index contributed by atoms with van der Waals surface area (Å²) in [6.45, 7) is 4.03. The molecule has 0 aliphatic heterocycles. The zero-order chi connectivity index (χ0) is 17.3. The number of benzene rings is 3. The molecule has 0 atom stereocenters. The normalized spacial score (nSPS) is 10.3. The van der Waals surface area contributed by atoms with Crippen LogP contribution in [0.4, 0.5) is 5.69 Å². The number of anilines is 1. The van der Waals surface area contributed by atoms with Crippen LogP contribution in [-0.4, -0.2) is 6.61 Å². The van der Waals surface area contributed by atoms with E-state index in [9.17, 15) is 0 Å². The van der Waals surface area contributed by atoms with Gasteiger partial charge in [0, 0.05) is 12.2 Å². The van der Waals surface area contributed by atoms with Crippen molar-refractivity contribution in [3.05, 3.63) is 90.0 Å². The van der Waals surface area contributed by atoms with Gasteiger partial charge in [0.1, 0.15) is 18.1 Å². The molecule has 0 unspecified atom stereocenters. The third kappa shape index (κ3) is 5.28. The minimum atomic E-state index is 0.588. The van der Waals surface area contributed by atoms with Crippen LogP contribution in [0, 0.1) is 0 Å². The standard InChI is InChI=1S/C22H23NO2/c1-2-24-21-14-10-20(11-15-21)23-16-18-8-12-22(13-9-18)25-17-19-6-4-3-5-7-19/h3-15,23H,2,16-17H2,1H3. The van der Waals surface area contributed by atoms with Gasteiger partial charge >= 0.3 is 0 Å². The van der Waals surface area contributed by atoms with Gasteiger partial charge in [-0.25, -0.2) is 0 Å².